The highest BCUT2D eigenvalue weighted by atomic mass is 16.5. The van der Waals surface area contributed by atoms with Crippen LogP contribution in [0.5, 0.6) is 138 Å². The zero-order valence-corrected chi connectivity index (χ0v) is 27.2. The molecule has 0 aliphatic heterocycles. The summed E-state index contributed by atoms with van der Waals surface area (Å²) in [5.74, 6) is -14.5. The van der Waals surface area contributed by atoms with E-state index >= 15 is 0 Å². The maximum absolute atomic E-state index is 10.6. The Morgan fingerprint density at radius 3 is 0.582 bits per heavy atom. The molecule has 19 heteroatoms. The minimum Gasteiger partial charge on any atom is -0.508 e. The first-order chi connectivity index (χ1) is 26.0. The van der Waals surface area contributed by atoms with E-state index in [1.807, 2.05) is 0 Å². The molecule has 0 spiro atoms. The van der Waals surface area contributed by atoms with Crippen molar-refractivity contribution in [3.8, 4) is 138 Å². The summed E-state index contributed by atoms with van der Waals surface area (Å²) in [5, 5.41) is 142. The molecule has 0 heterocycles. The first kappa shape index (κ1) is 36.3. The van der Waals surface area contributed by atoms with Crippen molar-refractivity contribution >= 4 is 0 Å². The van der Waals surface area contributed by atoms with Crippen molar-refractivity contribution in [3.63, 3.8) is 0 Å². The summed E-state index contributed by atoms with van der Waals surface area (Å²) in [6.07, 6.45) is 0. The fraction of sp³-hybridized carbons (Fsp3) is 0. The first-order valence-corrected chi connectivity index (χ1v) is 15.1. The molecule has 6 rings (SSSR count). The number of benzene rings is 6. The number of hydrogen-bond donors (Lipinski definition) is 14. The molecular weight excluding hydrogens is 736 g/mol. The summed E-state index contributed by atoms with van der Waals surface area (Å²) in [7, 11) is 0. The van der Waals surface area contributed by atoms with Gasteiger partial charge in [0.05, 0.1) is 0 Å². The quantitative estimate of drug-likeness (QED) is 0.0659. The second-order valence-electron chi connectivity index (χ2n) is 11.3. The molecule has 284 valence electrons. The molecule has 0 aromatic heterocycles. The van der Waals surface area contributed by atoms with E-state index in [4.69, 9.17) is 23.7 Å². The molecule has 19 nitrogen and oxygen atoms in total. The van der Waals surface area contributed by atoms with E-state index in [-0.39, 0.29) is 28.7 Å². The second kappa shape index (κ2) is 13.9. The highest BCUT2D eigenvalue weighted by Crippen LogP contribution is 2.52. The third-order valence-corrected chi connectivity index (χ3v) is 7.27. The van der Waals surface area contributed by atoms with Crippen molar-refractivity contribution in [1.29, 1.82) is 0 Å². The van der Waals surface area contributed by atoms with Crippen LogP contribution in [-0.4, -0.2) is 71.5 Å². The standard InChI is InChI=1S/C36H26O19/c37-13-1-21(40)32(22(41)2-13)52-15-5-25(44)34(26(45)6-15)54-17-9-29(48)36(30(49)10-17)55-18-11-27(46)35(28(47)12-18)53-16-7-23(42)33(24(43)8-16)51-14-3-19(38)31(50)20(39)4-14/h1-12,37-50H. The Morgan fingerprint density at radius 2 is 0.382 bits per heavy atom. The molecular formula is C36H26O19. The summed E-state index contributed by atoms with van der Waals surface area (Å²) in [4.78, 5) is 0. The molecule has 6 aromatic rings. The summed E-state index contributed by atoms with van der Waals surface area (Å²) < 4.78 is 26.9. The summed E-state index contributed by atoms with van der Waals surface area (Å²) in [6.45, 7) is 0. The number of ether oxygens (including phenoxy) is 5. The maximum Gasteiger partial charge on any atom is 0.210 e. The first-order valence-electron chi connectivity index (χ1n) is 15.1. The summed E-state index contributed by atoms with van der Waals surface area (Å²) in [6, 6.07) is 10.8. The van der Waals surface area contributed by atoms with Gasteiger partial charge in [-0.05, 0) is 0 Å². The van der Waals surface area contributed by atoms with Crippen molar-refractivity contribution in [2.24, 2.45) is 0 Å². The van der Waals surface area contributed by atoms with Gasteiger partial charge >= 0.3 is 0 Å². The third kappa shape index (κ3) is 7.46. The van der Waals surface area contributed by atoms with Crippen molar-refractivity contribution in [2.45, 2.75) is 0 Å². The number of aromatic hydroxyl groups is 14. The van der Waals surface area contributed by atoms with Crippen molar-refractivity contribution in [1.82, 2.24) is 0 Å². The number of phenols is 14. The van der Waals surface area contributed by atoms with Crippen LogP contribution in [-0.2, 0) is 0 Å². The van der Waals surface area contributed by atoms with Gasteiger partial charge in [-0.15, -0.1) is 0 Å². The Kier molecular flexibility index (Phi) is 9.19. The Morgan fingerprint density at radius 1 is 0.218 bits per heavy atom. The third-order valence-electron chi connectivity index (χ3n) is 7.27. The van der Waals surface area contributed by atoms with Gasteiger partial charge in [-0.25, -0.2) is 0 Å². The maximum atomic E-state index is 10.6. The van der Waals surface area contributed by atoms with E-state index in [1.165, 1.54) is 0 Å². The lowest BCUT2D eigenvalue weighted by molar-refractivity contribution is 0.344. The smallest absolute Gasteiger partial charge is 0.210 e. The Labute approximate surface area is 305 Å². The van der Waals surface area contributed by atoms with E-state index in [2.05, 4.69) is 0 Å². The van der Waals surface area contributed by atoms with Gasteiger partial charge in [0, 0.05) is 72.8 Å². The minimum absolute atomic E-state index is 0.285. The van der Waals surface area contributed by atoms with Gasteiger partial charge in [-0.3, -0.25) is 0 Å². The van der Waals surface area contributed by atoms with Gasteiger partial charge in [0.15, 0.2) is 69.0 Å². The van der Waals surface area contributed by atoms with Crippen molar-refractivity contribution in [2.75, 3.05) is 0 Å². The van der Waals surface area contributed by atoms with Gasteiger partial charge in [0.25, 0.3) is 0 Å². The average molecular weight is 763 g/mol. The normalized spacial score (nSPS) is 10.8. The zero-order valence-electron chi connectivity index (χ0n) is 27.2. The zero-order chi connectivity index (χ0) is 39.9. The van der Waals surface area contributed by atoms with Crippen LogP contribution in [0.1, 0.15) is 0 Å². The van der Waals surface area contributed by atoms with Crippen LogP contribution in [0, 0.1) is 0 Å². The topological polar surface area (TPSA) is 329 Å². The lowest BCUT2D eigenvalue weighted by Crippen LogP contribution is -1.92. The van der Waals surface area contributed by atoms with Crippen LogP contribution in [0.25, 0.3) is 0 Å². The lowest BCUT2D eigenvalue weighted by atomic mass is 10.2. The fourth-order valence-electron chi connectivity index (χ4n) is 4.86. The van der Waals surface area contributed by atoms with Crippen LogP contribution in [0.3, 0.4) is 0 Å². The Bertz CT molecular complexity index is 2340. The van der Waals surface area contributed by atoms with Gasteiger partial charge in [0.2, 0.25) is 34.5 Å². The molecule has 6 aromatic carbocycles. The number of hydrogen-bond acceptors (Lipinski definition) is 19. The van der Waals surface area contributed by atoms with Crippen LogP contribution in [0.4, 0.5) is 0 Å². The largest absolute Gasteiger partial charge is 0.508 e. The SMILES string of the molecule is Oc1cc(O)c(Oc2cc(O)c(Oc3cc(O)c(Oc4cc(O)c(Oc5cc(O)c(Oc6cc(O)c(O)c(O)c6)c(O)c5)c(O)c4)c(O)c3)c(O)c2)c(O)c1. The minimum atomic E-state index is -0.825. The number of rotatable bonds is 10. The van der Waals surface area contributed by atoms with Crippen LogP contribution >= 0.6 is 0 Å². The highest BCUT2D eigenvalue weighted by Gasteiger charge is 2.22. The second-order valence-corrected chi connectivity index (χ2v) is 11.3. The molecule has 14 N–H and O–H groups in total. The molecule has 0 amide bonds. The molecule has 0 radical (unpaired) electrons. The van der Waals surface area contributed by atoms with Crippen LogP contribution in [0.15, 0.2) is 72.8 Å². The molecule has 0 aliphatic carbocycles. The average Bonchev–Trinajstić information content (AvgIpc) is 3.08. The highest BCUT2D eigenvalue weighted by molar-refractivity contribution is 5.64. The van der Waals surface area contributed by atoms with Gasteiger partial charge in [0.1, 0.15) is 34.5 Å². The molecule has 0 saturated carbocycles. The lowest BCUT2D eigenvalue weighted by Gasteiger charge is -2.16. The number of phenolic OH excluding ortho intramolecular Hbond substituents is 14. The van der Waals surface area contributed by atoms with E-state index in [0.717, 1.165) is 72.8 Å². The van der Waals surface area contributed by atoms with E-state index < -0.39 is 109 Å². The molecule has 0 unspecified atom stereocenters. The Balaban J connectivity index is 1.16. The monoisotopic (exact) mass is 762 g/mol. The molecule has 0 atom stereocenters. The summed E-state index contributed by atoms with van der Waals surface area (Å²) in [5.41, 5.74) is 0. The van der Waals surface area contributed by atoms with Gasteiger partial charge in [-0.2, -0.15) is 0 Å². The van der Waals surface area contributed by atoms with E-state index in [9.17, 15) is 71.5 Å². The fourth-order valence-corrected chi connectivity index (χ4v) is 4.86. The molecule has 0 fully saturated rings. The van der Waals surface area contributed by atoms with Crippen molar-refractivity contribution < 1.29 is 95.2 Å². The predicted molar refractivity (Wildman–Crippen MR) is 182 cm³/mol. The molecule has 55 heavy (non-hydrogen) atoms. The van der Waals surface area contributed by atoms with Gasteiger partial charge < -0.3 is 95.2 Å². The van der Waals surface area contributed by atoms with Crippen molar-refractivity contribution in [3.05, 3.63) is 72.8 Å². The van der Waals surface area contributed by atoms with Gasteiger partial charge in [-0.1, -0.05) is 0 Å². The Hall–Kier alpha value is -8.48. The molecule has 0 saturated heterocycles. The van der Waals surface area contributed by atoms with Crippen LogP contribution in [0.2, 0.25) is 0 Å². The molecule has 0 aliphatic rings. The summed E-state index contributed by atoms with van der Waals surface area (Å²) >= 11 is 0. The predicted octanol–water partition coefficient (Wildman–Crippen LogP) is 6.53. The molecule has 0 bridgehead atoms. The van der Waals surface area contributed by atoms with E-state index in [0.29, 0.717) is 0 Å². The van der Waals surface area contributed by atoms with E-state index in [1.54, 1.807) is 0 Å². The van der Waals surface area contributed by atoms with Crippen LogP contribution < -0.4 is 23.7 Å².